The minimum atomic E-state index is 0.396. The summed E-state index contributed by atoms with van der Waals surface area (Å²) in [6.45, 7) is 10.4. The van der Waals surface area contributed by atoms with Crippen molar-refractivity contribution in [2.24, 2.45) is 5.92 Å². The van der Waals surface area contributed by atoms with Crippen LogP contribution < -0.4 is 5.32 Å². The summed E-state index contributed by atoms with van der Waals surface area (Å²) in [5.41, 5.74) is 1.39. The van der Waals surface area contributed by atoms with E-state index in [1.807, 2.05) is 6.33 Å². The molecule has 1 aliphatic heterocycles. The second-order valence-electron chi connectivity index (χ2n) is 5.72. The topological polar surface area (TPSA) is 39.1 Å². The molecular formula is C15H27N3O. The van der Waals surface area contributed by atoms with Gasteiger partial charge in [0.15, 0.2) is 0 Å². The van der Waals surface area contributed by atoms with E-state index in [0.717, 1.165) is 26.3 Å². The normalized spacial score (nSPS) is 18.9. The van der Waals surface area contributed by atoms with Crippen molar-refractivity contribution in [3.05, 3.63) is 18.2 Å². The summed E-state index contributed by atoms with van der Waals surface area (Å²) >= 11 is 0. The molecule has 0 radical (unpaired) electrons. The van der Waals surface area contributed by atoms with Gasteiger partial charge in [-0.25, -0.2) is 4.98 Å². The van der Waals surface area contributed by atoms with Crippen molar-refractivity contribution < 1.29 is 4.74 Å². The Bertz CT molecular complexity index is 369. The fourth-order valence-electron chi connectivity index (χ4n) is 2.86. The van der Waals surface area contributed by atoms with Gasteiger partial charge in [0.05, 0.1) is 19.0 Å². The largest absolute Gasteiger partial charge is 0.380 e. The second kappa shape index (κ2) is 7.06. The van der Waals surface area contributed by atoms with E-state index in [2.05, 4.69) is 41.8 Å². The number of nitrogens with zero attached hydrogens (tertiary/aromatic N) is 2. The van der Waals surface area contributed by atoms with Crippen LogP contribution in [0, 0.1) is 5.92 Å². The third-order valence-corrected chi connectivity index (χ3v) is 4.07. The van der Waals surface area contributed by atoms with Crippen molar-refractivity contribution in [3.8, 4) is 0 Å². The van der Waals surface area contributed by atoms with Gasteiger partial charge in [0.2, 0.25) is 0 Å². The van der Waals surface area contributed by atoms with E-state index in [1.165, 1.54) is 18.5 Å². The number of hydrogen-bond acceptors (Lipinski definition) is 3. The molecule has 2 heterocycles. The Morgan fingerprint density at radius 2 is 2.16 bits per heavy atom. The molecule has 0 aromatic carbocycles. The first-order valence-corrected chi connectivity index (χ1v) is 7.54. The molecule has 19 heavy (non-hydrogen) atoms. The van der Waals surface area contributed by atoms with Gasteiger partial charge in [0.1, 0.15) is 0 Å². The molecule has 2 rings (SSSR count). The van der Waals surface area contributed by atoms with Crippen LogP contribution in [0.4, 0.5) is 0 Å². The highest BCUT2D eigenvalue weighted by atomic mass is 16.5. The predicted molar refractivity (Wildman–Crippen MR) is 77.4 cm³/mol. The predicted octanol–water partition coefficient (Wildman–Crippen LogP) is 2.58. The molecule has 4 heteroatoms. The Morgan fingerprint density at radius 1 is 1.42 bits per heavy atom. The van der Waals surface area contributed by atoms with Gasteiger partial charge in [-0.1, -0.05) is 13.8 Å². The van der Waals surface area contributed by atoms with Crippen LogP contribution in [0.1, 0.15) is 51.3 Å². The van der Waals surface area contributed by atoms with Gasteiger partial charge >= 0.3 is 0 Å². The molecule has 1 atom stereocenters. The molecule has 0 aliphatic carbocycles. The lowest BCUT2D eigenvalue weighted by Crippen LogP contribution is -2.29. The summed E-state index contributed by atoms with van der Waals surface area (Å²) in [5.74, 6) is 1.20. The molecule has 4 nitrogen and oxygen atoms in total. The van der Waals surface area contributed by atoms with Crippen LogP contribution in [0.25, 0.3) is 0 Å². The average Bonchev–Trinajstić information content (AvgIpc) is 2.89. The van der Waals surface area contributed by atoms with Crippen LogP contribution >= 0.6 is 0 Å². The van der Waals surface area contributed by atoms with E-state index in [-0.39, 0.29) is 0 Å². The maximum Gasteiger partial charge on any atom is 0.0951 e. The minimum absolute atomic E-state index is 0.396. The van der Waals surface area contributed by atoms with Gasteiger partial charge < -0.3 is 14.6 Å². The SMILES string of the molecule is CCOCC(C(C)C)n1cncc1C1CCNCC1. The molecule has 1 N–H and O–H groups in total. The molecule has 1 aliphatic rings. The molecule has 108 valence electrons. The summed E-state index contributed by atoms with van der Waals surface area (Å²) in [6, 6.07) is 0.396. The van der Waals surface area contributed by atoms with E-state index >= 15 is 0 Å². The third kappa shape index (κ3) is 3.57. The maximum atomic E-state index is 5.66. The maximum absolute atomic E-state index is 5.66. The fraction of sp³-hybridized carbons (Fsp3) is 0.800. The summed E-state index contributed by atoms with van der Waals surface area (Å²) in [5, 5.41) is 3.43. The first-order valence-electron chi connectivity index (χ1n) is 7.54. The Balaban J connectivity index is 2.15. The standard InChI is InChI=1S/C15H27N3O/c1-4-19-10-15(12(2)3)18-11-17-9-14(18)13-5-7-16-8-6-13/h9,11-13,15-16H,4-8,10H2,1-3H3. The highest BCUT2D eigenvalue weighted by molar-refractivity contribution is 5.09. The number of hydrogen-bond donors (Lipinski definition) is 1. The molecule has 1 aromatic heterocycles. The van der Waals surface area contributed by atoms with Crippen LogP contribution in [-0.2, 0) is 4.74 Å². The Morgan fingerprint density at radius 3 is 2.79 bits per heavy atom. The Labute approximate surface area is 116 Å². The molecule has 0 saturated carbocycles. The molecule has 1 aromatic rings. The van der Waals surface area contributed by atoms with E-state index in [4.69, 9.17) is 4.74 Å². The number of aromatic nitrogens is 2. The summed E-state index contributed by atoms with van der Waals surface area (Å²) in [4.78, 5) is 4.40. The number of imidazole rings is 1. The highest BCUT2D eigenvalue weighted by Gasteiger charge is 2.24. The summed E-state index contributed by atoms with van der Waals surface area (Å²) in [6.07, 6.45) is 6.47. The Kier molecular flexibility index (Phi) is 5.40. The van der Waals surface area contributed by atoms with Gasteiger partial charge in [0.25, 0.3) is 0 Å². The number of rotatable bonds is 6. The van der Waals surface area contributed by atoms with Crippen LogP contribution in [0.15, 0.2) is 12.5 Å². The van der Waals surface area contributed by atoms with Crippen molar-refractivity contribution in [2.75, 3.05) is 26.3 Å². The first kappa shape index (κ1) is 14.5. The van der Waals surface area contributed by atoms with Gasteiger partial charge in [-0.2, -0.15) is 0 Å². The highest BCUT2D eigenvalue weighted by Crippen LogP contribution is 2.29. The molecular weight excluding hydrogens is 238 g/mol. The van der Waals surface area contributed by atoms with Crippen molar-refractivity contribution in [3.63, 3.8) is 0 Å². The summed E-state index contributed by atoms with van der Waals surface area (Å²) in [7, 11) is 0. The monoisotopic (exact) mass is 265 g/mol. The number of nitrogens with one attached hydrogen (secondary N) is 1. The fourth-order valence-corrected chi connectivity index (χ4v) is 2.86. The Hall–Kier alpha value is -0.870. The lowest BCUT2D eigenvalue weighted by atomic mass is 9.94. The van der Waals surface area contributed by atoms with Crippen molar-refractivity contribution in [1.82, 2.24) is 14.9 Å². The molecule has 0 spiro atoms. The molecule has 1 fully saturated rings. The van der Waals surface area contributed by atoms with Crippen LogP contribution in [-0.4, -0.2) is 35.9 Å². The molecule has 1 saturated heterocycles. The van der Waals surface area contributed by atoms with E-state index in [1.54, 1.807) is 0 Å². The van der Waals surface area contributed by atoms with E-state index in [0.29, 0.717) is 17.9 Å². The third-order valence-electron chi connectivity index (χ3n) is 4.07. The summed E-state index contributed by atoms with van der Waals surface area (Å²) < 4.78 is 8.02. The smallest absolute Gasteiger partial charge is 0.0951 e. The second-order valence-corrected chi connectivity index (χ2v) is 5.72. The number of ether oxygens (including phenoxy) is 1. The van der Waals surface area contributed by atoms with Gasteiger partial charge in [-0.05, 0) is 38.8 Å². The van der Waals surface area contributed by atoms with Crippen molar-refractivity contribution >= 4 is 0 Å². The number of piperidine rings is 1. The van der Waals surface area contributed by atoms with Crippen LogP contribution in [0.2, 0.25) is 0 Å². The van der Waals surface area contributed by atoms with Gasteiger partial charge in [-0.3, -0.25) is 0 Å². The average molecular weight is 265 g/mol. The van der Waals surface area contributed by atoms with E-state index < -0.39 is 0 Å². The van der Waals surface area contributed by atoms with Crippen molar-refractivity contribution in [1.29, 1.82) is 0 Å². The zero-order valence-electron chi connectivity index (χ0n) is 12.4. The van der Waals surface area contributed by atoms with E-state index in [9.17, 15) is 0 Å². The zero-order chi connectivity index (χ0) is 13.7. The lowest BCUT2D eigenvalue weighted by Gasteiger charge is -2.29. The van der Waals surface area contributed by atoms with Crippen LogP contribution in [0.3, 0.4) is 0 Å². The quantitative estimate of drug-likeness (QED) is 0.859. The zero-order valence-corrected chi connectivity index (χ0v) is 12.4. The minimum Gasteiger partial charge on any atom is -0.380 e. The van der Waals surface area contributed by atoms with Crippen LogP contribution in [0.5, 0.6) is 0 Å². The molecule has 0 amide bonds. The molecule has 1 unspecified atom stereocenters. The molecule has 0 bridgehead atoms. The van der Waals surface area contributed by atoms with Gasteiger partial charge in [0, 0.05) is 24.4 Å². The van der Waals surface area contributed by atoms with Crippen molar-refractivity contribution in [2.45, 2.75) is 45.6 Å². The lowest BCUT2D eigenvalue weighted by molar-refractivity contribution is 0.0946. The first-order chi connectivity index (χ1) is 9.24. The van der Waals surface area contributed by atoms with Gasteiger partial charge in [-0.15, -0.1) is 0 Å².